The molecule has 1 aliphatic heterocycles. The number of hydrogen-bond acceptors (Lipinski definition) is 2. The van der Waals surface area contributed by atoms with Crippen LogP contribution in [0.15, 0.2) is 40.6 Å². The highest BCUT2D eigenvalue weighted by Crippen LogP contribution is 2.20. The first-order valence-corrected chi connectivity index (χ1v) is 7.37. The third-order valence-corrected chi connectivity index (χ3v) is 3.74. The fraction of sp³-hybridized carbons (Fsp3) is 0.467. The second-order valence-corrected chi connectivity index (χ2v) is 5.52. The average Bonchev–Trinajstić information content (AvgIpc) is 2.42. The molecule has 0 saturated carbocycles. The van der Waals surface area contributed by atoms with Crippen LogP contribution >= 0.6 is 15.9 Å². The predicted molar refractivity (Wildman–Crippen MR) is 78.6 cm³/mol. The molecular formula is C15H20BrNO. The van der Waals surface area contributed by atoms with E-state index >= 15 is 0 Å². The van der Waals surface area contributed by atoms with Gasteiger partial charge in [-0.3, -0.25) is 0 Å². The summed E-state index contributed by atoms with van der Waals surface area (Å²) in [4.78, 5) is 0. The van der Waals surface area contributed by atoms with Gasteiger partial charge in [0, 0.05) is 10.5 Å². The molecule has 1 atom stereocenters. The Labute approximate surface area is 118 Å². The van der Waals surface area contributed by atoms with Gasteiger partial charge in [0.25, 0.3) is 0 Å². The van der Waals surface area contributed by atoms with Crippen LogP contribution in [0, 0.1) is 0 Å². The van der Waals surface area contributed by atoms with Crippen LogP contribution in [0.5, 0.6) is 0 Å². The molecule has 0 aliphatic carbocycles. The van der Waals surface area contributed by atoms with Crippen molar-refractivity contribution in [2.75, 3.05) is 13.2 Å². The van der Waals surface area contributed by atoms with E-state index < -0.39 is 0 Å². The van der Waals surface area contributed by atoms with Crippen LogP contribution in [0.2, 0.25) is 0 Å². The minimum absolute atomic E-state index is 0.400. The zero-order chi connectivity index (χ0) is 12.8. The Morgan fingerprint density at radius 2 is 2.11 bits per heavy atom. The Morgan fingerprint density at radius 1 is 1.33 bits per heavy atom. The lowest BCUT2D eigenvalue weighted by atomic mass is 9.95. The zero-order valence-electron chi connectivity index (χ0n) is 10.8. The second-order valence-electron chi connectivity index (χ2n) is 4.61. The molecule has 0 amide bonds. The standard InChI is InChI=1S/C15H20BrNO/c1-2-17-15(13-4-3-9-18-11-13)10-12-5-7-14(16)8-6-12/h5-8,11,15,17H,2-4,9-10H2,1H3. The van der Waals surface area contributed by atoms with Crippen molar-refractivity contribution in [2.24, 2.45) is 0 Å². The molecule has 3 heteroatoms. The fourth-order valence-corrected chi connectivity index (χ4v) is 2.54. The summed E-state index contributed by atoms with van der Waals surface area (Å²) in [6.07, 6.45) is 5.26. The van der Waals surface area contributed by atoms with Crippen molar-refractivity contribution >= 4 is 15.9 Å². The predicted octanol–water partition coefficient (Wildman–Crippen LogP) is 3.66. The van der Waals surface area contributed by atoms with Crippen LogP contribution in [-0.4, -0.2) is 19.2 Å². The Bertz CT molecular complexity index is 399. The van der Waals surface area contributed by atoms with E-state index in [-0.39, 0.29) is 0 Å². The van der Waals surface area contributed by atoms with Gasteiger partial charge >= 0.3 is 0 Å². The molecule has 1 aromatic carbocycles. The average molecular weight is 310 g/mol. The molecule has 1 aliphatic rings. The van der Waals surface area contributed by atoms with E-state index in [1.165, 1.54) is 11.1 Å². The van der Waals surface area contributed by atoms with E-state index in [4.69, 9.17) is 4.74 Å². The Kier molecular flexibility index (Phi) is 5.26. The van der Waals surface area contributed by atoms with E-state index in [9.17, 15) is 0 Å². The van der Waals surface area contributed by atoms with Gasteiger partial charge in [-0.1, -0.05) is 35.0 Å². The number of benzene rings is 1. The summed E-state index contributed by atoms with van der Waals surface area (Å²) in [5, 5.41) is 3.56. The van der Waals surface area contributed by atoms with E-state index in [2.05, 4.69) is 52.4 Å². The maximum Gasteiger partial charge on any atom is 0.0876 e. The topological polar surface area (TPSA) is 21.3 Å². The number of ether oxygens (including phenoxy) is 1. The molecule has 1 unspecified atom stereocenters. The summed E-state index contributed by atoms with van der Waals surface area (Å²) < 4.78 is 6.59. The van der Waals surface area contributed by atoms with Crippen LogP contribution in [0.4, 0.5) is 0 Å². The summed E-state index contributed by atoms with van der Waals surface area (Å²) in [6, 6.07) is 8.96. The molecule has 0 fully saturated rings. The van der Waals surface area contributed by atoms with Crippen molar-refractivity contribution in [2.45, 2.75) is 32.2 Å². The molecule has 0 saturated heterocycles. The third-order valence-electron chi connectivity index (χ3n) is 3.21. The van der Waals surface area contributed by atoms with Crippen molar-refractivity contribution in [1.82, 2.24) is 5.32 Å². The molecule has 0 bridgehead atoms. The van der Waals surface area contributed by atoms with Gasteiger partial charge in [-0.25, -0.2) is 0 Å². The van der Waals surface area contributed by atoms with Gasteiger partial charge < -0.3 is 10.1 Å². The first kappa shape index (κ1) is 13.6. The van der Waals surface area contributed by atoms with Crippen LogP contribution in [0.3, 0.4) is 0 Å². The first-order chi connectivity index (χ1) is 8.79. The molecule has 0 aromatic heterocycles. The van der Waals surface area contributed by atoms with Gasteiger partial charge in [0.1, 0.15) is 0 Å². The number of hydrogen-bond donors (Lipinski definition) is 1. The highest BCUT2D eigenvalue weighted by molar-refractivity contribution is 9.10. The molecule has 98 valence electrons. The molecule has 1 N–H and O–H groups in total. The maximum absolute atomic E-state index is 5.46. The summed E-state index contributed by atoms with van der Waals surface area (Å²) in [5.41, 5.74) is 2.75. The van der Waals surface area contributed by atoms with Crippen molar-refractivity contribution in [3.05, 3.63) is 46.1 Å². The second kappa shape index (κ2) is 6.95. The zero-order valence-corrected chi connectivity index (χ0v) is 12.4. The highest BCUT2D eigenvalue weighted by atomic mass is 79.9. The molecule has 0 radical (unpaired) electrons. The van der Waals surface area contributed by atoms with E-state index in [1.807, 2.05) is 6.26 Å². The van der Waals surface area contributed by atoms with Gasteiger partial charge in [0.2, 0.25) is 0 Å². The van der Waals surface area contributed by atoms with Crippen molar-refractivity contribution in [1.29, 1.82) is 0 Å². The Hall–Kier alpha value is -0.800. The molecule has 1 aromatic rings. The lowest BCUT2D eigenvalue weighted by Crippen LogP contribution is -2.33. The molecule has 0 spiro atoms. The molecule has 2 nitrogen and oxygen atoms in total. The monoisotopic (exact) mass is 309 g/mol. The van der Waals surface area contributed by atoms with Crippen molar-refractivity contribution < 1.29 is 4.74 Å². The highest BCUT2D eigenvalue weighted by Gasteiger charge is 2.16. The van der Waals surface area contributed by atoms with E-state index in [0.717, 1.165) is 36.9 Å². The summed E-state index contributed by atoms with van der Waals surface area (Å²) >= 11 is 3.47. The van der Waals surface area contributed by atoms with Gasteiger partial charge in [0.15, 0.2) is 0 Å². The Morgan fingerprint density at radius 3 is 2.72 bits per heavy atom. The number of nitrogens with one attached hydrogen (secondary N) is 1. The summed E-state index contributed by atoms with van der Waals surface area (Å²) in [6.45, 7) is 4.00. The third kappa shape index (κ3) is 3.85. The van der Waals surface area contributed by atoms with Gasteiger partial charge in [-0.15, -0.1) is 0 Å². The molecule has 18 heavy (non-hydrogen) atoms. The van der Waals surface area contributed by atoms with Crippen LogP contribution in [0.1, 0.15) is 25.3 Å². The largest absolute Gasteiger partial charge is 0.501 e. The smallest absolute Gasteiger partial charge is 0.0876 e. The first-order valence-electron chi connectivity index (χ1n) is 6.58. The van der Waals surface area contributed by atoms with Gasteiger partial charge in [-0.2, -0.15) is 0 Å². The fourth-order valence-electron chi connectivity index (χ4n) is 2.28. The van der Waals surface area contributed by atoms with Crippen molar-refractivity contribution in [3.8, 4) is 0 Å². The number of rotatable bonds is 5. The SMILES string of the molecule is CCNC(Cc1ccc(Br)cc1)C1=COCCC1. The van der Waals surface area contributed by atoms with Gasteiger partial charge in [0.05, 0.1) is 12.9 Å². The maximum atomic E-state index is 5.46. The van der Waals surface area contributed by atoms with E-state index in [1.54, 1.807) is 0 Å². The molecule has 2 rings (SSSR count). The van der Waals surface area contributed by atoms with Gasteiger partial charge in [-0.05, 0) is 49.1 Å². The Balaban J connectivity index is 2.05. The van der Waals surface area contributed by atoms with E-state index in [0.29, 0.717) is 6.04 Å². The minimum Gasteiger partial charge on any atom is -0.501 e. The summed E-state index contributed by atoms with van der Waals surface area (Å²) in [5.74, 6) is 0. The summed E-state index contributed by atoms with van der Waals surface area (Å²) in [7, 11) is 0. The van der Waals surface area contributed by atoms with Crippen LogP contribution in [-0.2, 0) is 11.2 Å². The quantitative estimate of drug-likeness (QED) is 0.896. The van der Waals surface area contributed by atoms with Crippen molar-refractivity contribution in [3.63, 3.8) is 0 Å². The molecule has 1 heterocycles. The van der Waals surface area contributed by atoms with Crippen LogP contribution in [0.25, 0.3) is 0 Å². The number of likely N-dealkylation sites (N-methyl/N-ethyl adjacent to an activating group) is 1. The lowest BCUT2D eigenvalue weighted by molar-refractivity contribution is 0.219. The normalized spacial score (nSPS) is 16.9. The minimum atomic E-state index is 0.400. The number of halogens is 1. The van der Waals surface area contributed by atoms with Crippen LogP contribution < -0.4 is 5.32 Å². The lowest BCUT2D eigenvalue weighted by Gasteiger charge is -2.24. The molecular weight excluding hydrogens is 290 g/mol.